The minimum atomic E-state index is -1.87. The van der Waals surface area contributed by atoms with Crippen molar-refractivity contribution < 1.29 is 78.6 Å². The zero-order valence-electron chi connectivity index (χ0n) is 36.5. The number of unbranched alkanes of at least 4 members (excludes halogenated alkanes) is 1. The first-order valence-electron chi connectivity index (χ1n) is 20.6. The Kier molecular flexibility index (Phi) is 27.8. The molecule has 0 radical (unpaired) electrons. The van der Waals surface area contributed by atoms with Gasteiger partial charge in [0.25, 0.3) is 0 Å². The first-order chi connectivity index (χ1) is 30.4. The number of aliphatic hydroxyl groups excluding tert-OH is 3. The highest BCUT2D eigenvalue weighted by atomic mass is 16.4. The van der Waals surface area contributed by atoms with Crippen molar-refractivity contribution >= 4 is 65.2 Å². The van der Waals surface area contributed by atoms with E-state index in [2.05, 4.69) is 42.2 Å². The van der Waals surface area contributed by atoms with Gasteiger partial charge >= 0.3 is 17.9 Å². The molecule has 0 heterocycles. The van der Waals surface area contributed by atoms with Gasteiger partial charge in [-0.3, -0.25) is 48.1 Å². The number of nitrogens with two attached hydrogens (primary N) is 4. The highest BCUT2D eigenvalue weighted by Crippen LogP contribution is 2.12. The van der Waals surface area contributed by atoms with Crippen molar-refractivity contribution in [1.29, 1.82) is 0 Å². The number of carbonyl (C=O) groups is 10. The second kappa shape index (κ2) is 30.8. The summed E-state index contributed by atoms with van der Waals surface area (Å²) < 4.78 is 0. The lowest BCUT2D eigenvalue weighted by atomic mass is 9.96. The fourth-order valence-electron chi connectivity index (χ4n) is 5.62. The van der Waals surface area contributed by atoms with Crippen molar-refractivity contribution in [2.45, 2.75) is 133 Å². The van der Waals surface area contributed by atoms with E-state index in [1.165, 1.54) is 13.8 Å². The van der Waals surface area contributed by atoms with Crippen molar-refractivity contribution in [2.24, 2.45) is 33.8 Å². The fourth-order valence-corrected chi connectivity index (χ4v) is 5.62. The molecule has 28 heteroatoms. The van der Waals surface area contributed by atoms with E-state index in [9.17, 15) is 78.6 Å². The molecule has 0 aliphatic rings. The smallest absolute Gasteiger partial charge is 0.326 e. The average Bonchev–Trinajstić information content (AvgIpc) is 3.23. The van der Waals surface area contributed by atoms with Crippen LogP contribution in [0.3, 0.4) is 0 Å². The van der Waals surface area contributed by atoms with Gasteiger partial charge in [-0.25, -0.2) is 4.79 Å². The molecule has 28 nitrogen and oxygen atoms in total. The number of aliphatic carboxylic acids is 3. The Hall–Kier alpha value is -6.23. The molecule has 0 fully saturated rings. The van der Waals surface area contributed by atoms with E-state index in [1.54, 1.807) is 6.92 Å². The molecule has 0 rings (SSSR count). The first-order valence-corrected chi connectivity index (χ1v) is 20.6. The van der Waals surface area contributed by atoms with Crippen LogP contribution in [0.2, 0.25) is 0 Å². The van der Waals surface area contributed by atoms with E-state index in [-0.39, 0.29) is 44.7 Å². The summed E-state index contributed by atoms with van der Waals surface area (Å²) in [6.45, 7) is 2.36. The van der Waals surface area contributed by atoms with Crippen LogP contribution in [0.5, 0.6) is 0 Å². The SMILES string of the molecule is CC[C@H](C)[C@H](NC(=O)[C@H](CCCN=C(N)N)NC(=O)[C@H](CCC(=O)O)NC(=O)[C@H](CO)NC(=O)[C@H](CO)NC(=O)[C@@H](N)[C@@H](C)O)C(=O)N[C@@H](CC(=O)O)C(=O)N[C@@H](CCCCN)C(=O)O. The number of amides is 7. The molecule has 0 bridgehead atoms. The Morgan fingerprint density at radius 2 is 1.02 bits per heavy atom. The van der Waals surface area contributed by atoms with Crippen LogP contribution in [0, 0.1) is 5.92 Å². The van der Waals surface area contributed by atoms with Crippen LogP contribution >= 0.6 is 0 Å². The summed E-state index contributed by atoms with van der Waals surface area (Å²) in [7, 11) is 0. The largest absolute Gasteiger partial charge is 0.481 e. The standard InChI is InChI=1S/C37H66N12O16/c1-4-17(2)28(35(63)46-22(14-26(55)56)31(59)45-21(36(64)65)8-5-6-12-38)49-30(58)19(9-7-13-42-37(40)41)43-29(57)20(10-11-25(53)54)44-32(60)23(15-50)47-33(61)24(16-51)48-34(62)27(39)18(3)52/h17-24,27-28,50-52H,4-16,38-39H2,1-3H3,(H,43,57)(H,44,60)(H,45,59)(H,46,63)(H,47,61)(H,48,62)(H,49,58)(H,53,54)(H,55,56)(H,64,65)(H4,40,41,42)/t17-,18+,19-,20-,21-,22-,23-,24-,27-,28-/m0/s1. The van der Waals surface area contributed by atoms with Crippen molar-refractivity contribution in [3.8, 4) is 0 Å². The Balaban J connectivity index is 6.59. The van der Waals surface area contributed by atoms with Gasteiger partial charge in [0.2, 0.25) is 41.4 Å². The van der Waals surface area contributed by atoms with Gasteiger partial charge in [-0.05, 0) is 57.9 Å². The van der Waals surface area contributed by atoms with Crippen LogP contribution < -0.4 is 60.2 Å². The number of aliphatic imine (C=N–C) groups is 1. The molecule has 0 unspecified atom stereocenters. The van der Waals surface area contributed by atoms with Crippen molar-refractivity contribution in [3.63, 3.8) is 0 Å². The molecular weight excluding hydrogens is 868 g/mol. The lowest BCUT2D eigenvalue weighted by molar-refractivity contribution is -0.144. The van der Waals surface area contributed by atoms with Crippen LogP contribution in [-0.4, -0.2) is 177 Å². The number of carboxylic acids is 3. The summed E-state index contributed by atoms with van der Waals surface area (Å²) >= 11 is 0. The molecule has 0 aromatic rings. The molecule has 0 aromatic carbocycles. The van der Waals surface area contributed by atoms with Crippen LogP contribution in [0.15, 0.2) is 4.99 Å². The number of hydrogen-bond donors (Lipinski definition) is 17. The molecule has 21 N–H and O–H groups in total. The summed E-state index contributed by atoms with van der Waals surface area (Å²) in [5, 5.41) is 73.3. The van der Waals surface area contributed by atoms with Crippen LogP contribution in [-0.2, 0) is 47.9 Å². The van der Waals surface area contributed by atoms with Crippen LogP contribution in [0.1, 0.15) is 78.6 Å². The number of nitrogens with zero attached hydrogens (tertiary/aromatic N) is 1. The lowest BCUT2D eigenvalue weighted by Gasteiger charge is -2.29. The van der Waals surface area contributed by atoms with E-state index in [0.717, 1.165) is 0 Å². The number of nitrogens with one attached hydrogen (secondary N) is 7. The normalized spacial score (nSPS) is 15.6. The highest BCUT2D eigenvalue weighted by Gasteiger charge is 2.36. The summed E-state index contributed by atoms with van der Waals surface area (Å²) in [4.78, 5) is 132. The number of guanidine groups is 1. The van der Waals surface area contributed by atoms with Crippen molar-refractivity contribution in [1.82, 2.24) is 37.2 Å². The molecule has 0 saturated heterocycles. The Bertz CT molecular complexity index is 1660. The predicted octanol–water partition coefficient (Wildman–Crippen LogP) is -7.27. The molecule has 0 aliphatic carbocycles. The molecule has 0 aliphatic heterocycles. The van der Waals surface area contributed by atoms with E-state index in [1.807, 2.05) is 0 Å². The number of hydrogen-bond acceptors (Lipinski definition) is 16. The second-order valence-corrected chi connectivity index (χ2v) is 15.0. The van der Waals surface area contributed by atoms with Crippen LogP contribution in [0.25, 0.3) is 0 Å². The molecule has 65 heavy (non-hydrogen) atoms. The molecule has 370 valence electrons. The van der Waals surface area contributed by atoms with Gasteiger partial charge in [0.1, 0.15) is 48.3 Å². The van der Waals surface area contributed by atoms with E-state index in [0.29, 0.717) is 12.8 Å². The number of carbonyl (C=O) groups excluding carboxylic acids is 7. The van der Waals surface area contributed by atoms with Gasteiger partial charge in [0.05, 0.1) is 25.7 Å². The summed E-state index contributed by atoms with van der Waals surface area (Å²) in [5.41, 5.74) is 21.8. The maximum Gasteiger partial charge on any atom is 0.326 e. The summed E-state index contributed by atoms with van der Waals surface area (Å²) in [5.74, 6) is -13.4. The molecule has 0 saturated carbocycles. The number of rotatable bonds is 33. The quantitative estimate of drug-likeness (QED) is 0.0165. The van der Waals surface area contributed by atoms with Gasteiger partial charge in [-0.2, -0.15) is 0 Å². The number of aliphatic hydroxyl groups is 3. The van der Waals surface area contributed by atoms with Crippen molar-refractivity contribution in [2.75, 3.05) is 26.3 Å². The summed E-state index contributed by atoms with van der Waals surface area (Å²) in [6.07, 6.45) is -3.05. The van der Waals surface area contributed by atoms with Crippen molar-refractivity contribution in [3.05, 3.63) is 0 Å². The minimum Gasteiger partial charge on any atom is -0.481 e. The van der Waals surface area contributed by atoms with Gasteiger partial charge in [0, 0.05) is 13.0 Å². The summed E-state index contributed by atoms with van der Waals surface area (Å²) in [6, 6.07) is -13.3. The molecule has 0 spiro atoms. The Morgan fingerprint density at radius 3 is 1.48 bits per heavy atom. The molecule has 7 amide bonds. The van der Waals surface area contributed by atoms with Gasteiger partial charge < -0.3 is 90.8 Å². The van der Waals surface area contributed by atoms with E-state index >= 15 is 0 Å². The lowest BCUT2D eigenvalue weighted by Crippen LogP contribution is -2.61. The molecule has 10 atom stereocenters. The topological polar surface area (TPSA) is 493 Å². The highest BCUT2D eigenvalue weighted by molar-refractivity contribution is 5.98. The van der Waals surface area contributed by atoms with Gasteiger partial charge in [-0.15, -0.1) is 0 Å². The molecular formula is C37H66N12O16. The zero-order chi connectivity index (χ0) is 50.0. The maximum absolute atomic E-state index is 13.9. The number of carboxylic acid groups (broad SMARTS) is 3. The minimum absolute atomic E-state index is 0.00277. The fraction of sp³-hybridized carbons (Fsp3) is 0.703. The third-order valence-electron chi connectivity index (χ3n) is 9.68. The zero-order valence-corrected chi connectivity index (χ0v) is 36.5. The first kappa shape index (κ1) is 58.8. The predicted molar refractivity (Wildman–Crippen MR) is 226 cm³/mol. The third kappa shape index (κ3) is 22.8. The van der Waals surface area contributed by atoms with Gasteiger partial charge in [-0.1, -0.05) is 20.3 Å². The maximum atomic E-state index is 13.9. The Labute approximate surface area is 373 Å². The Morgan fingerprint density at radius 1 is 0.569 bits per heavy atom. The van der Waals surface area contributed by atoms with E-state index in [4.69, 9.17) is 22.9 Å². The second-order valence-electron chi connectivity index (χ2n) is 15.0. The average molecular weight is 935 g/mol. The monoisotopic (exact) mass is 934 g/mol. The van der Waals surface area contributed by atoms with Crippen LogP contribution in [0.4, 0.5) is 0 Å². The third-order valence-corrected chi connectivity index (χ3v) is 9.68. The van der Waals surface area contributed by atoms with E-state index < -0.39 is 152 Å². The molecule has 0 aromatic heterocycles. The van der Waals surface area contributed by atoms with Gasteiger partial charge in [0.15, 0.2) is 5.96 Å².